The molecule has 0 radical (unpaired) electrons. The van der Waals surface area contributed by atoms with Gasteiger partial charge >= 0.3 is 0 Å². The molecule has 1 aliphatic carbocycles. The standard InChI is InChI=1S/C15H12FN3O/c16-13-5-9(7-19-3-1-2-18-19)14-11-4-10(11)8-20-15(14)12(13)6-17/h1-3,5,10-11H,4,7-8H2. The van der Waals surface area contributed by atoms with Crippen LogP contribution in [0.15, 0.2) is 24.5 Å². The number of aromatic nitrogens is 2. The number of fused-ring (bicyclic) bond motifs is 3. The average Bonchev–Trinajstić information content (AvgIpc) is 3.06. The van der Waals surface area contributed by atoms with Crippen molar-refractivity contribution >= 4 is 0 Å². The molecule has 0 bridgehead atoms. The summed E-state index contributed by atoms with van der Waals surface area (Å²) >= 11 is 0. The third-order valence-corrected chi connectivity index (χ3v) is 4.10. The molecule has 0 N–H and O–H groups in total. The summed E-state index contributed by atoms with van der Waals surface area (Å²) in [5.41, 5.74) is 1.91. The van der Waals surface area contributed by atoms with E-state index in [9.17, 15) is 4.39 Å². The number of halogens is 1. The van der Waals surface area contributed by atoms with Crippen molar-refractivity contribution in [3.8, 4) is 11.8 Å². The topological polar surface area (TPSA) is 50.8 Å². The summed E-state index contributed by atoms with van der Waals surface area (Å²) in [5.74, 6) is 0.883. The van der Waals surface area contributed by atoms with Gasteiger partial charge in [0.25, 0.3) is 0 Å². The molecule has 0 spiro atoms. The minimum atomic E-state index is -0.507. The van der Waals surface area contributed by atoms with Gasteiger partial charge in [-0.15, -0.1) is 0 Å². The number of nitriles is 1. The lowest BCUT2D eigenvalue weighted by atomic mass is 9.95. The third kappa shape index (κ3) is 1.61. The van der Waals surface area contributed by atoms with E-state index < -0.39 is 5.82 Å². The van der Waals surface area contributed by atoms with E-state index in [1.54, 1.807) is 10.9 Å². The van der Waals surface area contributed by atoms with Crippen LogP contribution in [0.25, 0.3) is 0 Å². The van der Waals surface area contributed by atoms with Gasteiger partial charge in [0.05, 0.1) is 13.2 Å². The van der Waals surface area contributed by atoms with Crippen molar-refractivity contribution < 1.29 is 9.13 Å². The zero-order valence-electron chi connectivity index (χ0n) is 10.7. The average molecular weight is 269 g/mol. The first kappa shape index (κ1) is 11.5. The van der Waals surface area contributed by atoms with Crippen LogP contribution < -0.4 is 4.74 Å². The van der Waals surface area contributed by atoms with Gasteiger partial charge in [-0.05, 0) is 30.0 Å². The number of nitrogens with zero attached hydrogens (tertiary/aromatic N) is 3. The van der Waals surface area contributed by atoms with E-state index in [1.165, 1.54) is 6.07 Å². The lowest BCUT2D eigenvalue weighted by Gasteiger charge is -2.21. The maximum absolute atomic E-state index is 14.1. The Kier molecular flexibility index (Phi) is 2.34. The van der Waals surface area contributed by atoms with Crippen LogP contribution in [0.2, 0.25) is 0 Å². The first-order chi connectivity index (χ1) is 9.78. The van der Waals surface area contributed by atoms with Gasteiger partial charge in [-0.25, -0.2) is 4.39 Å². The van der Waals surface area contributed by atoms with Crippen LogP contribution >= 0.6 is 0 Å². The second-order valence-corrected chi connectivity index (χ2v) is 5.36. The SMILES string of the molecule is N#Cc1c(F)cc(Cn2cccn2)c2c1OCC1CC21. The van der Waals surface area contributed by atoms with Crippen LogP contribution in [0.4, 0.5) is 4.39 Å². The molecule has 1 aromatic heterocycles. The van der Waals surface area contributed by atoms with E-state index in [4.69, 9.17) is 10.00 Å². The molecule has 2 atom stereocenters. The third-order valence-electron chi connectivity index (χ3n) is 4.10. The van der Waals surface area contributed by atoms with Crippen molar-refractivity contribution in [2.75, 3.05) is 6.61 Å². The van der Waals surface area contributed by atoms with Gasteiger partial charge in [0.2, 0.25) is 0 Å². The fourth-order valence-electron chi connectivity index (χ4n) is 3.03. The molecule has 1 fully saturated rings. The second kappa shape index (κ2) is 4.07. The van der Waals surface area contributed by atoms with Gasteiger partial charge in [-0.1, -0.05) is 0 Å². The Labute approximate surface area is 115 Å². The fourth-order valence-corrected chi connectivity index (χ4v) is 3.03. The van der Waals surface area contributed by atoms with E-state index in [0.29, 0.717) is 30.7 Å². The van der Waals surface area contributed by atoms with Crippen LogP contribution in [0.5, 0.6) is 5.75 Å². The van der Waals surface area contributed by atoms with Gasteiger partial charge in [-0.2, -0.15) is 10.4 Å². The van der Waals surface area contributed by atoms with E-state index in [-0.39, 0.29) is 5.56 Å². The van der Waals surface area contributed by atoms with E-state index in [2.05, 4.69) is 5.10 Å². The Balaban J connectivity index is 1.87. The lowest BCUT2D eigenvalue weighted by Crippen LogP contribution is -2.14. The monoisotopic (exact) mass is 269 g/mol. The molecule has 1 aliphatic heterocycles. The number of rotatable bonds is 2. The zero-order valence-corrected chi connectivity index (χ0v) is 10.7. The Morgan fingerprint density at radius 1 is 1.55 bits per heavy atom. The molecular formula is C15H12FN3O. The predicted molar refractivity (Wildman–Crippen MR) is 68.8 cm³/mol. The molecule has 20 heavy (non-hydrogen) atoms. The first-order valence-electron chi connectivity index (χ1n) is 6.63. The summed E-state index contributed by atoms with van der Waals surface area (Å²) in [6.45, 7) is 1.10. The van der Waals surface area contributed by atoms with Crippen LogP contribution in [-0.4, -0.2) is 16.4 Å². The van der Waals surface area contributed by atoms with Crippen molar-refractivity contribution in [2.24, 2.45) is 5.92 Å². The minimum Gasteiger partial charge on any atom is -0.491 e. The van der Waals surface area contributed by atoms with Crippen LogP contribution in [0, 0.1) is 23.1 Å². The minimum absolute atomic E-state index is 0.0366. The van der Waals surface area contributed by atoms with Crippen molar-refractivity contribution in [1.29, 1.82) is 5.26 Å². The quantitative estimate of drug-likeness (QED) is 0.841. The largest absolute Gasteiger partial charge is 0.491 e. The summed E-state index contributed by atoms with van der Waals surface area (Å²) in [6, 6.07) is 5.22. The highest BCUT2D eigenvalue weighted by Crippen LogP contribution is 2.56. The Bertz CT molecular complexity index is 718. The maximum atomic E-state index is 14.1. The fraction of sp³-hybridized carbons (Fsp3) is 0.333. The van der Waals surface area contributed by atoms with Crippen LogP contribution in [0.3, 0.4) is 0 Å². The summed E-state index contributed by atoms with van der Waals surface area (Å²) in [4.78, 5) is 0. The molecule has 1 saturated carbocycles. The lowest BCUT2D eigenvalue weighted by molar-refractivity contribution is 0.275. The second-order valence-electron chi connectivity index (χ2n) is 5.36. The molecular weight excluding hydrogens is 257 g/mol. The smallest absolute Gasteiger partial charge is 0.145 e. The molecule has 0 amide bonds. The van der Waals surface area contributed by atoms with Crippen molar-refractivity contribution in [2.45, 2.75) is 18.9 Å². The van der Waals surface area contributed by atoms with E-state index in [1.807, 2.05) is 18.3 Å². The van der Waals surface area contributed by atoms with Crippen molar-refractivity contribution in [1.82, 2.24) is 9.78 Å². The van der Waals surface area contributed by atoms with Crippen molar-refractivity contribution in [3.63, 3.8) is 0 Å². The number of benzene rings is 1. The molecule has 2 aliphatic rings. The van der Waals surface area contributed by atoms with Gasteiger partial charge in [0.1, 0.15) is 23.2 Å². The number of ether oxygens (including phenoxy) is 1. The molecule has 2 unspecified atom stereocenters. The Hall–Kier alpha value is -2.35. The van der Waals surface area contributed by atoms with Gasteiger partial charge in [-0.3, -0.25) is 4.68 Å². The normalized spacial score (nSPS) is 22.4. The van der Waals surface area contributed by atoms with Gasteiger partial charge in [0.15, 0.2) is 0 Å². The molecule has 2 heterocycles. The number of hydrogen-bond acceptors (Lipinski definition) is 3. The van der Waals surface area contributed by atoms with Gasteiger partial charge < -0.3 is 4.74 Å². The van der Waals surface area contributed by atoms with Crippen LogP contribution in [-0.2, 0) is 6.54 Å². The summed E-state index contributed by atoms with van der Waals surface area (Å²) in [6.07, 6.45) is 4.61. The molecule has 0 saturated heterocycles. The Morgan fingerprint density at radius 3 is 3.20 bits per heavy atom. The molecule has 4 rings (SSSR count). The zero-order chi connectivity index (χ0) is 13.7. The Morgan fingerprint density at radius 2 is 2.45 bits per heavy atom. The van der Waals surface area contributed by atoms with Crippen molar-refractivity contribution in [3.05, 3.63) is 47.0 Å². The molecule has 5 heteroatoms. The molecule has 4 nitrogen and oxygen atoms in total. The molecule has 1 aromatic carbocycles. The summed E-state index contributed by atoms with van der Waals surface area (Å²) in [5, 5.41) is 13.3. The molecule has 100 valence electrons. The van der Waals surface area contributed by atoms with Gasteiger partial charge in [0, 0.05) is 23.9 Å². The predicted octanol–water partition coefficient (Wildman–Crippen LogP) is 2.44. The highest BCUT2D eigenvalue weighted by molar-refractivity contribution is 5.57. The maximum Gasteiger partial charge on any atom is 0.145 e. The highest BCUT2D eigenvalue weighted by Gasteiger charge is 2.46. The molecule has 2 aromatic rings. The summed E-state index contributed by atoms with van der Waals surface area (Å²) in [7, 11) is 0. The van der Waals surface area contributed by atoms with E-state index in [0.717, 1.165) is 17.5 Å². The van der Waals surface area contributed by atoms with E-state index >= 15 is 0 Å². The van der Waals surface area contributed by atoms with Crippen LogP contribution in [0.1, 0.15) is 29.0 Å². The number of hydrogen-bond donors (Lipinski definition) is 0. The summed E-state index contributed by atoms with van der Waals surface area (Å²) < 4.78 is 21.5. The first-order valence-corrected chi connectivity index (χ1v) is 6.63. The highest BCUT2D eigenvalue weighted by atomic mass is 19.1.